The molecule has 0 aliphatic carbocycles. The van der Waals surface area contributed by atoms with Crippen molar-refractivity contribution in [2.45, 2.75) is 32.2 Å². The lowest BCUT2D eigenvalue weighted by Gasteiger charge is -2.28. The van der Waals surface area contributed by atoms with E-state index in [2.05, 4.69) is 23.1 Å². The summed E-state index contributed by atoms with van der Waals surface area (Å²) in [6.45, 7) is 4.62. The highest BCUT2D eigenvalue weighted by molar-refractivity contribution is 5.59. The van der Waals surface area contributed by atoms with E-state index in [0.717, 1.165) is 25.3 Å². The minimum atomic E-state index is 0.585. The summed E-state index contributed by atoms with van der Waals surface area (Å²) in [6, 6.07) is 8.90. The third kappa shape index (κ3) is 2.72. The molecule has 0 bridgehead atoms. The lowest BCUT2D eigenvalue weighted by molar-refractivity contribution is 0.340. The molecule has 2 rings (SSSR count). The zero-order chi connectivity index (χ0) is 12.1. The molecule has 0 radical (unpaired) electrons. The van der Waals surface area contributed by atoms with Crippen LogP contribution in [0.15, 0.2) is 24.3 Å². The molecule has 1 saturated heterocycles. The van der Waals surface area contributed by atoms with Crippen molar-refractivity contribution in [3.8, 4) is 5.75 Å². The quantitative estimate of drug-likeness (QED) is 0.850. The molecule has 17 heavy (non-hydrogen) atoms. The van der Waals surface area contributed by atoms with Gasteiger partial charge in [0, 0.05) is 12.6 Å². The fourth-order valence-electron chi connectivity index (χ4n) is 2.62. The summed E-state index contributed by atoms with van der Waals surface area (Å²) in [5.74, 6) is 0.999. The van der Waals surface area contributed by atoms with Crippen molar-refractivity contribution in [1.82, 2.24) is 0 Å². The summed E-state index contributed by atoms with van der Waals surface area (Å²) in [5.41, 5.74) is 6.91. The SMILES string of the molecule is CCOc1ccccc1N1CCCC1CCN. The van der Waals surface area contributed by atoms with E-state index >= 15 is 0 Å². The second-order valence-corrected chi connectivity index (χ2v) is 4.47. The summed E-state index contributed by atoms with van der Waals surface area (Å²) >= 11 is 0. The van der Waals surface area contributed by atoms with Crippen LogP contribution in [0.1, 0.15) is 26.2 Å². The Balaban J connectivity index is 2.20. The summed E-state index contributed by atoms with van der Waals surface area (Å²) < 4.78 is 5.70. The average Bonchev–Trinajstić information content (AvgIpc) is 2.79. The van der Waals surface area contributed by atoms with Gasteiger partial charge >= 0.3 is 0 Å². The number of rotatable bonds is 5. The average molecular weight is 234 g/mol. The van der Waals surface area contributed by atoms with E-state index < -0.39 is 0 Å². The molecule has 0 saturated carbocycles. The Kier molecular flexibility index (Phi) is 4.26. The number of para-hydroxylation sites is 2. The van der Waals surface area contributed by atoms with E-state index in [9.17, 15) is 0 Å². The third-order valence-corrected chi connectivity index (χ3v) is 3.35. The third-order valence-electron chi connectivity index (χ3n) is 3.35. The Morgan fingerprint density at radius 1 is 1.41 bits per heavy atom. The predicted molar refractivity (Wildman–Crippen MR) is 71.7 cm³/mol. The van der Waals surface area contributed by atoms with Crippen LogP contribution in [0.5, 0.6) is 5.75 Å². The molecule has 1 unspecified atom stereocenters. The van der Waals surface area contributed by atoms with Crippen LogP contribution < -0.4 is 15.4 Å². The maximum absolute atomic E-state index is 5.70. The smallest absolute Gasteiger partial charge is 0.142 e. The highest BCUT2D eigenvalue weighted by Crippen LogP contribution is 2.34. The van der Waals surface area contributed by atoms with Gasteiger partial charge in [0.1, 0.15) is 5.75 Å². The molecule has 1 atom stereocenters. The number of hydrogen-bond acceptors (Lipinski definition) is 3. The Labute approximate surface area is 104 Å². The largest absolute Gasteiger partial charge is 0.492 e. The van der Waals surface area contributed by atoms with Gasteiger partial charge in [0.05, 0.1) is 12.3 Å². The van der Waals surface area contributed by atoms with Gasteiger partial charge in [-0.05, 0) is 44.9 Å². The van der Waals surface area contributed by atoms with Gasteiger partial charge in [-0.1, -0.05) is 12.1 Å². The second-order valence-electron chi connectivity index (χ2n) is 4.47. The van der Waals surface area contributed by atoms with E-state index in [1.165, 1.54) is 18.5 Å². The summed E-state index contributed by atoms with van der Waals surface area (Å²) in [4.78, 5) is 2.46. The van der Waals surface area contributed by atoms with Crippen LogP contribution in [0, 0.1) is 0 Å². The maximum Gasteiger partial charge on any atom is 0.142 e. The first kappa shape index (κ1) is 12.2. The molecule has 1 aromatic rings. The molecule has 1 aromatic carbocycles. The Bertz CT molecular complexity index is 354. The normalized spacial score (nSPS) is 19.6. The number of anilines is 1. The highest BCUT2D eigenvalue weighted by atomic mass is 16.5. The van der Waals surface area contributed by atoms with Crippen molar-refractivity contribution >= 4 is 5.69 Å². The molecule has 2 N–H and O–H groups in total. The van der Waals surface area contributed by atoms with Crippen LogP contribution in [0.4, 0.5) is 5.69 Å². The molecule has 1 aliphatic heterocycles. The molecular formula is C14H22N2O. The standard InChI is InChI=1S/C14H22N2O/c1-2-17-14-8-4-3-7-13(14)16-11-5-6-12(16)9-10-15/h3-4,7-8,12H,2,5-6,9-11,15H2,1H3. The molecule has 0 aromatic heterocycles. The van der Waals surface area contributed by atoms with E-state index in [4.69, 9.17) is 10.5 Å². The van der Waals surface area contributed by atoms with E-state index in [0.29, 0.717) is 12.6 Å². The van der Waals surface area contributed by atoms with Crippen LogP contribution in [-0.4, -0.2) is 25.7 Å². The first-order valence-corrected chi connectivity index (χ1v) is 6.55. The monoisotopic (exact) mass is 234 g/mol. The van der Waals surface area contributed by atoms with Crippen molar-refractivity contribution in [3.63, 3.8) is 0 Å². The highest BCUT2D eigenvalue weighted by Gasteiger charge is 2.25. The van der Waals surface area contributed by atoms with Crippen molar-refractivity contribution in [2.24, 2.45) is 5.73 Å². The van der Waals surface area contributed by atoms with Crippen molar-refractivity contribution < 1.29 is 4.74 Å². The molecule has 94 valence electrons. The van der Waals surface area contributed by atoms with Crippen molar-refractivity contribution in [3.05, 3.63) is 24.3 Å². The van der Waals surface area contributed by atoms with Crippen LogP contribution >= 0.6 is 0 Å². The van der Waals surface area contributed by atoms with Gasteiger partial charge in [0.25, 0.3) is 0 Å². The molecular weight excluding hydrogens is 212 g/mol. The number of benzene rings is 1. The van der Waals surface area contributed by atoms with Crippen molar-refractivity contribution in [1.29, 1.82) is 0 Å². The first-order chi connectivity index (χ1) is 8.36. The maximum atomic E-state index is 5.70. The summed E-state index contributed by atoms with van der Waals surface area (Å²) in [5, 5.41) is 0. The molecule has 0 amide bonds. The minimum Gasteiger partial charge on any atom is -0.492 e. The molecule has 1 heterocycles. The van der Waals surface area contributed by atoms with Gasteiger partial charge in [0.15, 0.2) is 0 Å². The zero-order valence-corrected chi connectivity index (χ0v) is 10.6. The molecule has 3 heteroatoms. The molecule has 0 spiro atoms. The van der Waals surface area contributed by atoms with Crippen LogP contribution in [-0.2, 0) is 0 Å². The van der Waals surface area contributed by atoms with Crippen molar-refractivity contribution in [2.75, 3.05) is 24.6 Å². The van der Waals surface area contributed by atoms with Gasteiger partial charge in [0.2, 0.25) is 0 Å². The topological polar surface area (TPSA) is 38.5 Å². The molecule has 1 aliphatic rings. The number of nitrogens with two attached hydrogens (primary N) is 1. The van der Waals surface area contributed by atoms with Gasteiger partial charge in [-0.15, -0.1) is 0 Å². The summed E-state index contributed by atoms with van der Waals surface area (Å²) in [7, 11) is 0. The Morgan fingerprint density at radius 2 is 2.24 bits per heavy atom. The van der Waals surface area contributed by atoms with Gasteiger partial charge in [-0.25, -0.2) is 0 Å². The van der Waals surface area contributed by atoms with Gasteiger partial charge < -0.3 is 15.4 Å². The zero-order valence-electron chi connectivity index (χ0n) is 10.6. The van der Waals surface area contributed by atoms with Gasteiger partial charge in [-0.2, -0.15) is 0 Å². The summed E-state index contributed by atoms with van der Waals surface area (Å²) in [6.07, 6.45) is 3.57. The lowest BCUT2D eigenvalue weighted by Crippen LogP contribution is -2.31. The number of nitrogens with zero attached hydrogens (tertiary/aromatic N) is 1. The number of ether oxygens (including phenoxy) is 1. The fraction of sp³-hybridized carbons (Fsp3) is 0.571. The predicted octanol–water partition coefficient (Wildman–Crippen LogP) is 2.40. The van der Waals surface area contributed by atoms with Crippen LogP contribution in [0.2, 0.25) is 0 Å². The van der Waals surface area contributed by atoms with E-state index in [1.54, 1.807) is 0 Å². The van der Waals surface area contributed by atoms with E-state index in [-0.39, 0.29) is 0 Å². The van der Waals surface area contributed by atoms with E-state index in [1.807, 2.05) is 13.0 Å². The second kappa shape index (κ2) is 5.92. The lowest BCUT2D eigenvalue weighted by atomic mass is 10.1. The Hall–Kier alpha value is -1.22. The first-order valence-electron chi connectivity index (χ1n) is 6.55. The molecule has 3 nitrogen and oxygen atoms in total. The Morgan fingerprint density at radius 3 is 3.00 bits per heavy atom. The molecule has 1 fully saturated rings. The number of hydrogen-bond donors (Lipinski definition) is 1. The fourth-order valence-corrected chi connectivity index (χ4v) is 2.62. The van der Waals surface area contributed by atoms with Crippen LogP contribution in [0.25, 0.3) is 0 Å². The van der Waals surface area contributed by atoms with Gasteiger partial charge in [-0.3, -0.25) is 0 Å². The van der Waals surface area contributed by atoms with Crippen LogP contribution in [0.3, 0.4) is 0 Å². The minimum absolute atomic E-state index is 0.585.